The van der Waals surface area contributed by atoms with Gasteiger partial charge in [0.05, 0.1) is 6.42 Å². The molecule has 0 bridgehead atoms. The molecule has 26 heavy (non-hydrogen) atoms. The van der Waals surface area contributed by atoms with Crippen LogP contribution in [0.1, 0.15) is 63.9 Å². The highest BCUT2D eigenvalue weighted by atomic mass is 79.9. The van der Waals surface area contributed by atoms with Gasteiger partial charge >= 0.3 is 0 Å². The van der Waals surface area contributed by atoms with E-state index in [1.165, 1.54) is 55.0 Å². The predicted octanol–water partition coefficient (Wildman–Crippen LogP) is 5.93. The standard InChI is InChI=1S/C22H31BrN2O/c1-2-3-4-5-6-7-14-25-17-18(15-22(26)24-12-8-9-13-24)20-16-19(23)10-11-21(20)25/h10-11,16-17H,2-9,12-15H2,1H3. The van der Waals surface area contributed by atoms with E-state index in [2.05, 4.69) is 51.8 Å². The third-order valence-corrected chi connectivity index (χ3v) is 5.97. The molecule has 1 fully saturated rings. The van der Waals surface area contributed by atoms with Crippen LogP contribution in [0, 0.1) is 0 Å². The lowest BCUT2D eigenvalue weighted by molar-refractivity contribution is -0.129. The number of benzene rings is 1. The fraction of sp³-hybridized carbons (Fsp3) is 0.591. The van der Waals surface area contributed by atoms with Crippen LogP contribution in [0.15, 0.2) is 28.9 Å². The van der Waals surface area contributed by atoms with Crippen molar-refractivity contribution in [3.8, 4) is 0 Å². The van der Waals surface area contributed by atoms with E-state index < -0.39 is 0 Å². The highest BCUT2D eigenvalue weighted by molar-refractivity contribution is 9.10. The molecule has 1 aliphatic heterocycles. The molecule has 1 aliphatic rings. The third-order valence-electron chi connectivity index (χ3n) is 5.48. The Morgan fingerprint density at radius 2 is 1.81 bits per heavy atom. The zero-order chi connectivity index (χ0) is 18.4. The van der Waals surface area contributed by atoms with Gasteiger partial charge in [0.15, 0.2) is 0 Å². The molecule has 2 heterocycles. The number of aryl methyl sites for hydroxylation is 1. The summed E-state index contributed by atoms with van der Waals surface area (Å²) >= 11 is 3.59. The van der Waals surface area contributed by atoms with Gasteiger partial charge in [-0.05, 0) is 43.0 Å². The monoisotopic (exact) mass is 418 g/mol. The number of rotatable bonds is 9. The number of hydrogen-bond acceptors (Lipinski definition) is 1. The maximum Gasteiger partial charge on any atom is 0.227 e. The Morgan fingerprint density at radius 3 is 2.58 bits per heavy atom. The Bertz CT molecular complexity index is 731. The molecule has 0 saturated carbocycles. The van der Waals surface area contributed by atoms with Gasteiger partial charge in [0.2, 0.25) is 5.91 Å². The summed E-state index contributed by atoms with van der Waals surface area (Å²) in [6.07, 6.45) is 12.9. The van der Waals surface area contributed by atoms with Gasteiger partial charge in [0.1, 0.15) is 0 Å². The summed E-state index contributed by atoms with van der Waals surface area (Å²) < 4.78 is 3.44. The van der Waals surface area contributed by atoms with E-state index in [0.717, 1.165) is 36.9 Å². The SMILES string of the molecule is CCCCCCCCn1cc(CC(=O)N2CCCC2)c2cc(Br)ccc21. The maximum atomic E-state index is 12.6. The van der Waals surface area contributed by atoms with Crippen LogP contribution in [0.2, 0.25) is 0 Å². The molecular formula is C22H31BrN2O. The molecule has 0 unspecified atom stereocenters. The molecule has 1 saturated heterocycles. The number of carbonyl (C=O) groups excluding carboxylic acids is 1. The highest BCUT2D eigenvalue weighted by Crippen LogP contribution is 2.27. The van der Waals surface area contributed by atoms with Gasteiger partial charge in [-0.3, -0.25) is 4.79 Å². The summed E-state index contributed by atoms with van der Waals surface area (Å²) in [4.78, 5) is 14.6. The Morgan fingerprint density at radius 1 is 1.08 bits per heavy atom. The number of hydrogen-bond donors (Lipinski definition) is 0. The van der Waals surface area contributed by atoms with Crippen molar-refractivity contribution < 1.29 is 4.79 Å². The number of fused-ring (bicyclic) bond motifs is 1. The van der Waals surface area contributed by atoms with Crippen molar-refractivity contribution in [2.45, 2.75) is 71.3 Å². The van der Waals surface area contributed by atoms with Gasteiger partial charge in [0.25, 0.3) is 0 Å². The largest absolute Gasteiger partial charge is 0.347 e. The average Bonchev–Trinajstić information content (AvgIpc) is 3.27. The van der Waals surface area contributed by atoms with Crippen molar-refractivity contribution in [2.75, 3.05) is 13.1 Å². The third kappa shape index (κ3) is 4.91. The number of carbonyl (C=O) groups is 1. The molecule has 0 atom stereocenters. The number of nitrogens with zero attached hydrogens (tertiary/aromatic N) is 2. The summed E-state index contributed by atoms with van der Waals surface area (Å²) in [7, 11) is 0. The smallest absolute Gasteiger partial charge is 0.227 e. The Kier molecular flexibility index (Phi) is 7.18. The molecule has 0 aliphatic carbocycles. The summed E-state index contributed by atoms with van der Waals surface area (Å²) in [5.41, 5.74) is 2.43. The molecule has 3 rings (SSSR count). The second kappa shape index (κ2) is 9.59. The van der Waals surface area contributed by atoms with Crippen molar-refractivity contribution in [1.82, 2.24) is 9.47 Å². The summed E-state index contributed by atoms with van der Waals surface area (Å²) in [5, 5.41) is 1.22. The normalized spacial score (nSPS) is 14.5. The van der Waals surface area contributed by atoms with E-state index in [4.69, 9.17) is 0 Å². The first-order valence-corrected chi connectivity index (χ1v) is 11.0. The number of amides is 1. The minimum atomic E-state index is 0.279. The van der Waals surface area contributed by atoms with Gasteiger partial charge < -0.3 is 9.47 Å². The lowest BCUT2D eigenvalue weighted by Gasteiger charge is -2.14. The van der Waals surface area contributed by atoms with Crippen LogP contribution < -0.4 is 0 Å². The molecule has 3 nitrogen and oxygen atoms in total. The molecule has 2 aromatic rings. The van der Waals surface area contributed by atoms with Crippen molar-refractivity contribution in [3.05, 3.63) is 34.4 Å². The molecule has 0 spiro atoms. The predicted molar refractivity (Wildman–Crippen MR) is 113 cm³/mol. The van der Waals surface area contributed by atoms with Crippen LogP contribution in [0.25, 0.3) is 10.9 Å². The first kappa shape index (κ1) is 19.5. The zero-order valence-electron chi connectivity index (χ0n) is 16.0. The summed E-state index contributed by atoms with van der Waals surface area (Å²) in [6, 6.07) is 6.45. The molecule has 1 amide bonds. The second-order valence-corrected chi connectivity index (χ2v) is 8.46. The van der Waals surface area contributed by atoms with Crippen molar-refractivity contribution in [1.29, 1.82) is 0 Å². The van der Waals surface area contributed by atoms with Crippen LogP contribution in [-0.4, -0.2) is 28.5 Å². The molecular weight excluding hydrogens is 388 g/mol. The molecule has 1 aromatic carbocycles. The van der Waals surface area contributed by atoms with Crippen molar-refractivity contribution >= 4 is 32.7 Å². The fourth-order valence-corrected chi connectivity index (χ4v) is 4.33. The van der Waals surface area contributed by atoms with E-state index in [1.54, 1.807) is 0 Å². The van der Waals surface area contributed by atoms with Crippen LogP contribution in [0.4, 0.5) is 0 Å². The van der Waals surface area contributed by atoms with Gasteiger partial charge in [-0.25, -0.2) is 0 Å². The quantitative estimate of drug-likeness (QED) is 0.463. The van der Waals surface area contributed by atoms with Crippen LogP contribution >= 0.6 is 15.9 Å². The molecule has 4 heteroatoms. The van der Waals surface area contributed by atoms with Crippen molar-refractivity contribution in [2.24, 2.45) is 0 Å². The average molecular weight is 419 g/mol. The van der Waals surface area contributed by atoms with Crippen LogP contribution in [0.5, 0.6) is 0 Å². The number of likely N-dealkylation sites (tertiary alicyclic amines) is 1. The molecule has 142 valence electrons. The summed E-state index contributed by atoms with van der Waals surface area (Å²) in [6.45, 7) is 5.16. The Hall–Kier alpha value is -1.29. The highest BCUT2D eigenvalue weighted by Gasteiger charge is 2.20. The molecule has 1 aromatic heterocycles. The maximum absolute atomic E-state index is 12.6. The van der Waals surface area contributed by atoms with Crippen molar-refractivity contribution in [3.63, 3.8) is 0 Å². The lowest BCUT2D eigenvalue weighted by Crippen LogP contribution is -2.28. The number of aromatic nitrogens is 1. The van der Waals surface area contributed by atoms with E-state index in [0.29, 0.717) is 6.42 Å². The second-order valence-electron chi connectivity index (χ2n) is 7.54. The first-order chi connectivity index (χ1) is 12.7. The van der Waals surface area contributed by atoms with Gasteiger partial charge in [-0.15, -0.1) is 0 Å². The van der Waals surface area contributed by atoms with E-state index >= 15 is 0 Å². The van der Waals surface area contributed by atoms with E-state index in [9.17, 15) is 4.79 Å². The topological polar surface area (TPSA) is 25.2 Å². The zero-order valence-corrected chi connectivity index (χ0v) is 17.6. The van der Waals surface area contributed by atoms with Crippen LogP contribution in [-0.2, 0) is 17.8 Å². The van der Waals surface area contributed by atoms with Gasteiger partial charge in [-0.2, -0.15) is 0 Å². The number of unbranched alkanes of at least 4 members (excludes halogenated alkanes) is 5. The van der Waals surface area contributed by atoms with E-state index in [1.807, 2.05) is 4.90 Å². The Balaban J connectivity index is 1.69. The Labute approximate surface area is 165 Å². The summed E-state index contributed by atoms with van der Waals surface area (Å²) in [5.74, 6) is 0.279. The van der Waals surface area contributed by atoms with Crippen LogP contribution in [0.3, 0.4) is 0 Å². The number of halogens is 1. The van der Waals surface area contributed by atoms with Gasteiger partial charge in [0, 0.05) is 41.2 Å². The van der Waals surface area contributed by atoms with E-state index in [-0.39, 0.29) is 5.91 Å². The molecule has 0 radical (unpaired) electrons. The first-order valence-electron chi connectivity index (χ1n) is 10.2. The lowest BCUT2D eigenvalue weighted by atomic mass is 10.1. The fourth-order valence-electron chi connectivity index (χ4n) is 3.97. The minimum absolute atomic E-state index is 0.279. The van der Waals surface area contributed by atoms with Gasteiger partial charge in [-0.1, -0.05) is 55.0 Å². The minimum Gasteiger partial charge on any atom is -0.347 e. The molecule has 0 N–H and O–H groups in total.